The summed E-state index contributed by atoms with van der Waals surface area (Å²) < 4.78 is 0. The molecule has 2 atom stereocenters. The molecule has 0 spiro atoms. The summed E-state index contributed by atoms with van der Waals surface area (Å²) in [6.45, 7) is 0.910. The number of fused-ring (bicyclic) bond motifs is 1. The van der Waals surface area contributed by atoms with Crippen molar-refractivity contribution in [3.05, 3.63) is 65.7 Å². The highest BCUT2D eigenvalue weighted by atomic mass is 32.2. The van der Waals surface area contributed by atoms with Gasteiger partial charge in [-0.25, -0.2) is 0 Å². The first-order valence-corrected chi connectivity index (χ1v) is 9.50. The molecular weight excluding hydrogens is 332 g/mol. The van der Waals surface area contributed by atoms with Crippen molar-refractivity contribution in [3.63, 3.8) is 0 Å². The lowest BCUT2D eigenvalue weighted by Gasteiger charge is -2.39. The first-order valence-electron chi connectivity index (χ1n) is 8.62. The third kappa shape index (κ3) is 3.29. The molecule has 128 valence electrons. The topological polar surface area (TPSA) is 49.4 Å². The van der Waals surface area contributed by atoms with E-state index in [1.54, 1.807) is 0 Å². The maximum absolute atomic E-state index is 12.4. The summed E-state index contributed by atoms with van der Waals surface area (Å²) in [5, 5.41) is 1.84. The second-order valence-corrected chi connectivity index (χ2v) is 7.61. The Balaban J connectivity index is 1.71. The van der Waals surface area contributed by atoms with Crippen LogP contribution in [-0.4, -0.2) is 29.0 Å². The molecule has 2 aliphatic heterocycles. The Morgan fingerprint density at radius 3 is 2.60 bits per heavy atom. The van der Waals surface area contributed by atoms with E-state index >= 15 is 0 Å². The number of imide groups is 1. The number of carbonyl (C=O) groups excluding carboxylic acids is 2. The normalized spacial score (nSPS) is 21.0. The predicted molar refractivity (Wildman–Crippen MR) is 101 cm³/mol. The molecule has 0 saturated carbocycles. The molecule has 4 nitrogen and oxygen atoms in total. The number of amides is 2. The van der Waals surface area contributed by atoms with E-state index in [2.05, 4.69) is 40.5 Å². The number of hydrogen-bond acceptors (Lipinski definition) is 4. The smallest absolute Gasteiger partial charge is 0.286 e. The van der Waals surface area contributed by atoms with Crippen LogP contribution in [0.4, 0.5) is 10.5 Å². The van der Waals surface area contributed by atoms with Crippen molar-refractivity contribution < 1.29 is 9.59 Å². The molecule has 1 fully saturated rings. The molecule has 1 N–H and O–H groups in total. The van der Waals surface area contributed by atoms with Gasteiger partial charge in [-0.1, -0.05) is 48.5 Å². The summed E-state index contributed by atoms with van der Waals surface area (Å²) in [6.07, 6.45) is 2.87. The van der Waals surface area contributed by atoms with Crippen LogP contribution in [-0.2, 0) is 17.6 Å². The fourth-order valence-corrected chi connectivity index (χ4v) is 4.72. The largest absolute Gasteiger partial charge is 0.366 e. The fraction of sp³-hybridized carbons (Fsp3) is 0.300. The van der Waals surface area contributed by atoms with Gasteiger partial charge in [-0.2, -0.15) is 0 Å². The molecule has 0 bridgehead atoms. The van der Waals surface area contributed by atoms with Gasteiger partial charge in [0, 0.05) is 12.2 Å². The SMILES string of the molecule is O=C1NC(=O)C(C(Cc2ccccc2)N2CCCc3ccccc32)S1. The Bertz CT molecular complexity index is 793. The van der Waals surface area contributed by atoms with Crippen LogP contribution in [0.15, 0.2) is 54.6 Å². The molecule has 2 unspecified atom stereocenters. The molecule has 2 aliphatic rings. The molecule has 5 heteroatoms. The van der Waals surface area contributed by atoms with Gasteiger partial charge < -0.3 is 4.90 Å². The Morgan fingerprint density at radius 2 is 1.84 bits per heavy atom. The summed E-state index contributed by atoms with van der Waals surface area (Å²) in [4.78, 5) is 26.5. The Morgan fingerprint density at radius 1 is 1.08 bits per heavy atom. The second kappa shape index (κ2) is 6.92. The lowest BCUT2D eigenvalue weighted by atomic mass is 9.95. The fourth-order valence-electron chi connectivity index (χ4n) is 3.77. The van der Waals surface area contributed by atoms with E-state index in [9.17, 15) is 9.59 Å². The Hall–Kier alpha value is -2.27. The van der Waals surface area contributed by atoms with Crippen LogP contribution in [0.25, 0.3) is 0 Å². The Kier molecular flexibility index (Phi) is 4.49. The quantitative estimate of drug-likeness (QED) is 0.916. The van der Waals surface area contributed by atoms with Gasteiger partial charge >= 0.3 is 0 Å². The van der Waals surface area contributed by atoms with Crippen LogP contribution in [0.5, 0.6) is 0 Å². The number of rotatable bonds is 4. The number of aryl methyl sites for hydroxylation is 1. The minimum Gasteiger partial charge on any atom is -0.366 e. The highest BCUT2D eigenvalue weighted by molar-refractivity contribution is 8.15. The van der Waals surface area contributed by atoms with Gasteiger partial charge in [0.1, 0.15) is 5.25 Å². The van der Waals surface area contributed by atoms with Crippen LogP contribution in [0.2, 0.25) is 0 Å². The molecule has 0 radical (unpaired) electrons. The highest BCUT2D eigenvalue weighted by Crippen LogP contribution is 2.35. The van der Waals surface area contributed by atoms with Gasteiger partial charge in [0.15, 0.2) is 0 Å². The van der Waals surface area contributed by atoms with Crippen LogP contribution in [0, 0.1) is 0 Å². The van der Waals surface area contributed by atoms with Crippen LogP contribution in [0.3, 0.4) is 0 Å². The average Bonchev–Trinajstić information content (AvgIpc) is 2.98. The molecule has 2 amide bonds. The second-order valence-electron chi connectivity index (χ2n) is 6.50. The van der Waals surface area contributed by atoms with Crippen molar-refractivity contribution >= 4 is 28.6 Å². The number of benzene rings is 2. The van der Waals surface area contributed by atoms with E-state index in [-0.39, 0.29) is 22.4 Å². The first-order chi connectivity index (χ1) is 12.2. The van der Waals surface area contributed by atoms with E-state index < -0.39 is 0 Å². The maximum Gasteiger partial charge on any atom is 0.286 e. The van der Waals surface area contributed by atoms with E-state index in [0.29, 0.717) is 0 Å². The molecular formula is C20H20N2O2S. The number of nitrogens with zero attached hydrogens (tertiary/aromatic N) is 1. The van der Waals surface area contributed by atoms with Gasteiger partial charge in [0.2, 0.25) is 5.91 Å². The van der Waals surface area contributed by atoms with Crippen LogP contribution in [0.1, 0.15) is 17.5 Å². The van der Waals surface area contributed by atoms with Gasteiger partial charge in [0.05, 0.1) is 6.04 Å². The third-order valence-corrected chi connectivity index (χ3v) is 6.00. The molecule has 2 aromatic carbocycles. The van der Waals surface area contributed by atoms with Gasteiger partial charge in [0.25, 0.3) is 5.24 Å². The number of thioether (sulfide) groups is 1. The Labute approximate surface area is 151 Å². The van der Waals surface area contributed by atoms with Crippen molar-refractivity contribution in [2.75, 3.05) is 11.4 Å². The van der Waals surface area contributed by atoms with Crippen LogP contribution >= 0.6 is 11.8 Å². The zero-order valence-corrected chi connectivity index (χ0v) is 14.7. The van der Waals surface area contributed by atoms with Crippen molar-refractivity contribution in [1.82, 2.24) is 5.32 Å². The first kappa shape index (κ1) is 16.2. The van der Waals surface area contributed by atoms with Crippen molar-refractivity contribution in [2.24, 2.45) is 0 Å². The van der Waals surface area contributed by atoms with E-state index in [0.717, 1.165) is 37.6 Å². The van der Waals surface area contributed by atoms with Crippen molar-refractivity contribution in [3.8, 4) is 0 Å². The van der Waals surface area contributed by atoms with Crippen LogP contribution < -0.4 is 10.2 Å². The minimum atomic E-state index is -0.376. The summed E-state index contributed by atoms with van der Waals surface area (Å²) in [7, 11) is 0. The summed E-state index contributed by atoms with van der Waals surface area (Å²) in [5.74, 6) is -0.168. The summed E-state index contributed by atoms with van der Waals surface area (Å²) >= 11 is 1.13. The van der Waals surface area contributed by atoms with Crippen molar-refractivity contribution in [1.29, 1.82) is 0 Å². The lowest BCUT2D eigenvalue weighted by Crippen LogP contribution is -2.49. The molecule has 25 heavy (non-hydrogen) atoms. The maximum atomic E-state index is 12.4. The molecule has 2 aromatic rings. The molecule has 2 heterocycles. The predicted octanol–water partition coefficient (Wildman–Crippen LogP) is 3.40. The summed E-state index contributed by atoms with van der Waals surface area (Å²) in [5.41, 5.74) is 3.70. The molecule has 0 aliphatic carbocycles. The molecule has 1 saturated heterocycles. The standard InChI is InChI=1S/C20H20N2O2S/c23-19-18(25-20(24)21-19)17(13-14-7-2-1-3-8-14)22-12-6-10-15-9-4-5-11-16(15)22/h1-5,7-9,11,17-18H,6,10,12-13H2,(H,21,23,24). The minimum absolute atomic E-state index is 0.0414. The lowest BCUT2D eigenvalue weighted by molar-refractivity contribution is -0.119. The number of para-hydroxylation sites is 1. The number of hydrogen-bond donors (Lipinski definition) is 1. The monoisotopic (exact) mass is 352 g/mol. The third-order valence-electron chi connectivity index (χ3n) is 4.90. The van der Waals surface area contributed by atoms with E-state index in [1.807, 2.05) is 24.3 Å². The van der Waals surface area contributed by atoms with E-state index in [4.69, 9.17) is 0 Å². The molecule has 4 rings (SSSR count). The van der Waals surface area contributed by atoms with E-state index in [1.165, 1.54) is 16.8 Å². The molecule has 0 aromatic heterocycles. The summed E-state index contributed by atoms with van der Waals surface area (Å²) in [6, 6.07) is 18.6. The number of nitrogens with one attached hydrogen (secondary N) is 1. The van der Waals surface area contributed by atoms with Gasteiger partial charge in [-0.05, 0) is 48.2 Å². The zero-order valence-electron chi connectivity index (χ0n) is 13.9. The van der Waals surface area contributed by atoms with Gasteiger partial charge in [-0.3, -0.25) is 14.9 Å². The zero-order chi connectivity index (χ0) is 17.2. The highest BCUT2D eigenvalue weighted by Gasteiger charge is 2.41. The van der Waals surface area contributed by atoms with Gasteiger partial charge in [-0.15, -0.1) is 0 Å². The number of anilines is 1. The van der Waals surface area contributed by atoms with Crippen molar-refractivity contribution in [2.45, 2.75) is 30.6 Å². The average molecular weight is 352 g/mol. The number of carbonyl (C=O) groups is 2.